The zero-order valence-electron chi connectivity index (χ0n) is 10.8. The molecule has 1 aliphatic heterocycles. The van der Waals surface area contributed by atoms with Crippen molar-refractivity contribution in [2.45, 2.75) is 6.04 Å². The van der Waals surface area contributed by atoms with E-state index >= 15 is 0 Å². The van der Waals surface area contributed by atoms with Crippen molar-refractivity contribution in [2.24, 2.45) is 0 Å². The lowest BCUT2D eigenvalue weighted by Crippen LogP contribution is -2.53. The summed E-state index contributed by atoms with van der Waals surface area (Å²) in [6.07, 6.45) is 0. The van der Waals surface area contributed by atoms with Crippen molar-refractivity contribution in [1.82, 2.24) is 10.2 Å². The number of likely N-dealkylation sites (N-methyl/N-ethyl adjacent to an activating group) is 2. The molecule has 5 heteroatoms. The highest BCUT2D eigenvalue weighted by Gasteiger charge is 2.21. The van der Waals surface area contributed by atoms with Crippen LogP contribution < -0.4 is 10.2 Å². The maximum absolute atomic E-state index is 13.8. The number of hydrogen-bond donors (Lipinski definition) is 1. The molecule has 1 heterocycles. The summed E-state index contributed by atoms with van der Waals surface area (Å²) in [5, 5.41) is 3.38. The highest BCUT2D eigenvalue weighted by atomic mass is 79.9. The maximum atomic E-state index is 13.8. The number of anilines is 1. The minimum absolute atomic E-state index is 0.174. The molecule has 18 heavy (non-hydrogen) atoms. The van der Waals surface area contributed by atoms with Gasteiger partial charge in [0.15, 0.2) is 0 Å². The first-order chi connectivity index (χ1) is 8.58. The monoisotopic (exact) mass is 315 g/mol. The third-order valence-corrected chi connectivity index (χ3v) is 3.94. The van der Waals surface area contributed by atoms with Crippen molar-refractivity contribution in [3.8, 4) is 0 Å². The molecule has 1 aliphatic rings. The first-order valence-electron chi connectivity index (χ1n) is 6.15. The van der Waals surface area contributed by atoms with E-state index in [1.807, 2.05) is 18.0 Å². The minimum Gasteiger partial charge on any atom is -0.371 e. The predicted octanol–water partition coefficient (Wildman–Crippen LogP) is 1.93. The summed E-state index contributed by atoms with van der Waals surface area (Å²) < 4.78 is 14.7. The highest BCUT2D eigenvalue weighted by molar-refractivity contribution is 9.10. The number of nitrogens with one attached hydrogen (secondary N) is 1. The van der Waals surface area contributed by atoms with Crippen LogP contribution in [0.15, 0.2) is 22.7 Å². The van der Waals surface area contributed by atoms with Crippen LogP contribution in [-0.2, 0) is 0 Å². The largest absolute Gasteiger partial charge is 0.371 e. The van der Waals surface area contributed by atoms with E-state index in [1.165, 1.54) is 6.07 Å². The molecular formula is C13H19BrFN3. The Labute approximate surface area is 116 Å². The van der Waals surface area contributed by atoms with Gasteiger partial charge in [0.1, 0.15) is 5.82 Å². The van der Waals surface area contributed by atoms with E-state index in [2.05, 4.69) is 33.2 Å². The Balaban J connectivity index is 2.06. The maximum Gasteiger partial charge on any atom is 0.146 e. The van der Waals surface area contributed by atoms with Gasteiger partial charge in [0.25, 0.3) is 0 Å². The van der Waals surface area contributed by atoms with E-state index in [0.29, 0.717) is 11.7 Å². The van der Waals surface area contributed by atoms with Crippen LogP contribution >= 0.6 is 15.9 Å². The second-order valence-electron chi connectivity index (χ2n) is 4.81. The Morgan fingerprint density at radius 2 is 2.33 bits per heavy atom. The smallest absolute Gasteiger partial charge is 0.146 e. The van der Waals surface area contributed by atoms with E-state index in [1.54, 1.807) is 6.07 Å². The number of halogens is 2. The fourth-order valence-electron chi connectivity index (χ4n) is 2.26. The molecule has 1 fully saturated rings. The fraction of sp³-hybridized carbons (Fsp3) is 0.538. The molecule has 0 aliphatic carbocycles. The third kappa shape index (κ3) is 3.22. The molecule has 3 nitrogen and oxygen atoms in total. The summed E-state index contributed by atoms with van der Waals surface area (Å²) >= 11 is 3.39. The lowest BCUT2D eigenvalue weighted by Gasteiger charge is -2.36. The van der Waals surface area contributed by atoms with Crippen LogP contribution in [-0.4, -0.2) is 51.2 Å². The molecule has 2 rings (SSSR count). The average molecular weight is 316 g/mol. The summed E-state index contributed by atoms with van der Waals surface area (Å²) in [5.41, 5.74) is 0.642. The van der Waals surface area contributed by atoms with Gasteiger partial charge in [-0.15, -0.1) is 0 Å². The SMILES string of the molecule is CN(CC1CNCCN1C)c1cc(Br)ccc1F. The number of nitrogens with zero attached hydrogens (tertiary/aromatic N) is 2. The van der Waals surface area contributed by atoms with E-state index < -0.39 is 0 Å². The fourth-order valence-corrected chi connectivity index (χ4v) is 2.61. The Hall–Kier alpha value is -0.650. The quantitative estimate of drug-likeness (QED) is 0.919. The number of rotatable bonds is 3. The Bertz CT molecular complexity index is 413. The molecule has 0 aromatic heterocycles. The van der Waals surface area contributed by atoms with Gasteiger partial charge in [-0.25, -0.2) is 4.39 Å². The molecular weight excluding hydrogens is 297 g/mol. The zero-order chi connectivity index (χ0) is 13.1. The van der Waals surface area contributed by atoms with Crippen molar-refractivity contribution >= 4 is 21.6 Å². The topological polar surface area (TPSA) is 18.5 Å². The molecule has 0 radical (unpaired) electrons. The van der Waals surface area contributed by atoms with Gasteiger partial charge in [-0.1, -0.05) is 15.9 Å². The van der Waals surface area contributed by atoms with E-state index in [9.17, 15) is 4.39 Å². The summed E-state index contributed by atoms with van der Waals surface area (Å²) in [6.45, 7) is 3.84. The summed E-state index contributed by atoms with van der Waals surface area (Å²) in [4.78, 5) is 4.30. The van der Waals surface area contributed by atoms with Gasteiger partial charge in [0.2, 0.25) is 0 Å². The van der Waals surface area contributed by atoms with Crippen molar-refractivity contribution in [1.29, 1.82) is 0 Å². The number of piperazine rings is 1. The van der Waals surface area contributed by atoms with Gasteiger partial charge >= 0.3 is 0 Å². The van der Waals surface area contributed by atoms with Crippen LogP contribution in [0.1, 0.15) is 0 Å². The first-order valence-corrected chi connectivity index (χ1v) is 6.94. The second kappa shape index (κ2) is 5.99. The summed E-state index contributed by atoms with van der Waals surface area (Å²) in [6, 6.07) is 5.47. The standard InChI is InChI=1S/C13H19BrFN3/c1-17-6-5-16-8-11(17)9-18(2)13-7-10(14)3-4-12(13)15/h3-4,7,11,16H,5-6,8-9H2,1-2H3. The lowest BCUT2D eigenvalue weighted by molar-refractivity contribution is 0.204. The molecule has 1 saturated heterocycles. The zero-order valence-corrected chi connectivity index (χ0v) is 12.4. The summed E-state index contributed by atoms with van der Waals surface area (Å²) in [7, 11) is 4.06. The molecule has 0 bridgehead atoms. The van der Waals surface area contributed by atoms with Gasteiger partial charge in [0.05, 0.1) is 5.69 Å². The van der Waals surface area contributed by atoms with Crippen molar-refractivity contribution in [3.63, 3.8) is 0 Å². The van der Waals surface area contributed by atoms with Gasteiger partial charge in [-0.3, -0.25) is 4.90 Å². The van der Waals surface area contributed by atoms with Crippen LogP contribution in [0.4, 0.5) is 10.1 Å². The van der Waals surface area contributed by atoms with Crippen molar-refractivity contribution in [3.05, 3.63) is 28.5 Å². The van der Waals surface area contributed by atoms with Gasteiger partial charge in [-0.05, 0) is 25.2 Å². The van der Waals surface area contributed by atoms with E-state index in [-0.39, 0.29) is 5.82 Å². The van der Waals surface area contributed by atoms with Crippen LogP contribution in [0.3, 0.4) is 0 Å². The lowest BCUT2D eigenvalue weighted by atomic mass is 10.2. The molecule has 0 saturated carbocycles. The van der Waals surface area contributed by atoms with Crippen LogP contribution in [0.25, 0.3) is 0 Å². The predicted molar refractivity (Wildman–Crippen MR) is 76.7 cm³/mol. The normalized spacial score (nSPS) is 21.0. The molecule has 1 aromatic carbocycles. The molecule has 0 amide bonds. The average Bonchev–Trinajstić information content (AvgIpc) is 2.35. The van der Waals surface area contributed by atoms with E-state index in [0.717, 1.165) is 30.7 Å². The van der Waals surface area contributed by atoms with Gasteiger partial charge < -0.3 is 10.2 Å². The molecule has 1 N–H and O–H groups in total. The van der Waals surface area contributed by atoms with Crippen molar-refractivity contribution < 1.29 is 4.39 Å². The van der Waals surface area contributed by atoms with Crippen LogP contribution in [0.5, 0.6) is 0 Å². The molecule has 1 atom stereocenters. The van der Waals surface area contributed by atoms with Crippen molar-refractivity contribution in [2.75, 3.05) is 45.2 Å². The molecule has 1 aromatic rings. The number of benzene rings is 1. The van der Waals surface area contributed by atoms with E-state index in [4.69, 9.17) is 0 Å². The Morgan fingerprint density at radius 1 is 1.56 bits per heavy atom. The van der Waals surface area contributed by atoms with Crippen LogP contribution in [0.2, 0.25) is 0 Å². The van der Waals surface area contributed by atoms with Gasteiger partial charge in [-0.2, -0.15) is 0 Å². The molecule has 0 spiro atoms. The Kier molecular flexibility index (Phi) is 4.59. The second-order valence-corrected chi connectivity index (χ2v) is 5.73. The van der Waals surface area contributed by atoms with Crippen LogP contribution in [0, 0.1) is 5.82 Å². The molecule has 1 unspecified atom stereocenters. The third-order valence-electron chi connectivity index (χ3n) is 3.45. The summed E-state index contributed by atoms with van der Waals surface area (Å²) in [5.74, 6) is -0.174. The minimum atomic E-state index is -0.174. The first kappa shape index (κ1) is 13.8. The number of hydrogen-bond acceptors (Lipinski definition) is 3. The molecule has 100 valence electrons. The Morgan fingerprint density at radius 3 is 3.06 bits per heavy atom. The van der Waals surface area contributed by atoms with Gasteiger partial charge in [0, 0.05) is 43.7 Å². The highest BCUT2D eigenvalue weighted by Crippen LogP contribution is 2.23.